The van der Waals surface area contributed by atoms with Gasteiger partial charge >= 0.3 is 47.8 Å². The Morgan fingerprint density at radius 3 is 0.985 bits per heavy atom. The topological polar surface area (TPSA) is 464 Å². The fraction of sp³-hybridized carbons (Fsp3) is 0.394. The zero-order valence-electron chi connectivity index (χ0n) is 78.5. The van der Waals surface area contributed by atoms with Gasteiger partial charge < -0.3 is 87.3 Å². The average Bonchev–Trinajstić information content (AvgIpc) is 1.65. The van der Waals surface area contributed by atoms with Crippen molar-refractivity contribution >= 4 is 106 Å². The van der Waals surface area contributed by atoms with Crippen molar-refractivity contribution in [3.63, 3.8) is 0 Å². The van der Waals surface area contributed by atoms with Crippen molar-refractivity contribution in [1.82, 2.24) is 43.4 Å². The van der Waals surface area contributed by atoms with E-state index in [9.17, 15) is 85.9 Å². The zero-order valence-corrected chi connectivity index (χ0v) is 78.5. The number of aliphatic carboxylic acids is 1. The highest BCUT2D eigenvalue weighted by Crippen LogP contribution is 2.30. The number of halogens is 1. The molecule has 0 saturated carbocycles. The van der Waals surface area contributed by atoms with Crippen LogP contribution < -0.4 is 21.3 Å². The van der Waals surface area contributed by atoms with Crippen molar-refractivity contribution < 1.29 is 125 Å². The van der Waals surface area contributed by atoms with E-state index in [2.05, 4.69) is 39.0 Å². The summed E-state index contributed by atoms with van der Waals surface area (Å²) in [6, 6.07) is 6.20. The smallest absolute Gasteiger partial charge is 0.379 e. The van der Waals surface area contributed by atoms with Gasteiger partial charge in [0.15, 0.2) is 0 Å². The Morgan fingerprint density at radius 2 is 0.692 bits per heavy atom. The molecule has 0 fully saturated rings. The fourth-order valence-electron chi connectivity index (χ4n) is 13.7. The zero-order chi connectivity index (χ0) is 99.8. The number of carbonyl (C=O) groups excluding carboxylic acids is 15. The molecule has 698 valence electrons. The molecule has 36 heteroatoms. The first-order valence-corrected chi connectivity index (χ1v) is 40.5. The van der Waals surface area contributed by atoms with Crippen LogP contribution in [-0.4, -0.2) is 197 Å². The third kappa shape index (κ3) is 27.3. The second-order valence-electron chi connectivity index (χ2n) is 28.8. The minimum absolute atomic E-state index is 0.00870. The van der Waals surface area contributed by atoms with Gasteiger partial charge in [-0.2, -0.15) is 0 Å². The maximum atomic E-state index is 13.4. The highest BCUT2D eigenvalue weighted by Gasteiger charge is 2.35. The molecule has 0 radical (unpaired) electrons. The summed E-state index contributed by atoms with van der Waals surface area (Å²) in [6.45, 7) is 37.3. The molecule has 1 aliphatic rings. The molecule has 1 aromatic carbocycles. The van der Waals surface area contributed by atoms with Crippen LogP contribution in [0.25, 0.3) is 0 Å². The van der Waals surface area contributed by atoms with Crippen molar-refractivity contribution in [3.8, 4) is 37.0 Å². The molecule has 35 nitrogen and oxygen atoms in total. The number of carbonyl (C=O) groups is 17. The van der Waals surface area contributed by atoms with Crippen LogP contribution in [0.3, 0.4) is 0 Å². The van der Waals surface area contributed by atoms with Crippen LogP contribution in [0.1, 0.15) is 250 Å². The molecule has 7 aromatic rings. The number of carboxylic acid groups (broad SMARTS) is 2. The maximum absolute atomic E-state index is 13.4. The first-order valence-electron chi connectivity index (χ1n) is 40.5. The molecule has 6 aromatic heterocycles. The van der Waals surface area contributed by atoms with E-state index in [1.165, 1.54) is 53.8 Å². The molecule has 8 rings (SSSR count). The van der Waals surface area contributed by atoms with E-state index in [1.807, 2.05) is 65.3 Å². The van der Waals surface area contributed by atoms with E-state index in [0.717, 1.165) is 28.8 Å². The van der Waals surface area contributed by atoms with Crippen molar-refractivity contribution in [2.75, 3.05) is 64.6 Å². The van der Waals surface area contributed by atoms with Crippen LogP contribution >= 0.6 is 0 Å². The average molecular weight is 1800 g/mol. The summed E-state index contributed by atoms with van der Waals surface area (Å²) >= 11 is 0. The van der Waals surface area contributed by atoms with Crippen molar-refractivity contribution in [3.05, 3.63) is 188 Å². The quantitative estimate of drug-likeness (QED) is 0.00916. The summed E-state index contributed by atoms with van der Waals surface area (Å²) in [7, 11) is 9.91. The van der Waals surface area contributed by atoms with Gasteiger partial charge in [0.1, 0.15) is 40.0 Å². The molecule has 0 atom stereocenters. The van der Waals surface area contributed by atoms with E-state index in [4.69, 9.17) is 57.9 Å². The highest BCUT2D eigenvalue weighted by molar-refractivity contribution is 6.45. The predicted molar refractivity (Wildman–Crippen MR) is 478 cm³/mol. The number of anilines is 1. The van der Waals surface area contributed by atoms with Crippen LogP contribution in [-0.2, 0) is 99.5 Å². The number of esters is 6. The summed E-state index contributed by atoms with van der Waals surface area (Å²) in [5.41, 5.74) is 12.6. The lowest BCUT2D eigenvalue weighted by atomic mass is 10.0. The molecule has 1 aliphatic carbocycles. The number of aromatic nitrogens is 6. The number of terminal acetylenes is 3. The molecule has 0 saturated heterocycles. The van der Waals surface area contributed by atoms with Gasteiger partial charge in [0.05, 0.1) is 87.1 Å². The Morgan fingerprint density at radius 1 is 0.385 bits per heavy atom. The number of ether oxygens (including phenoxy) is 6. The van der Waals surface area contributed by atoms with Gasteiger partial charge in [-0.25, -0.2) is 42.7 Å². The molecule has 0 bridgehead atoms. The maximum Gasteiger partial charge on any atom is 0.379 e. The Balaban J connectivity index is 0.000000520. The molecular weight excluding hydrogens is 1690 g/mol. The van der Waals surface area contributed by atoms with E-state index in [-0.39, 0.29) is 126 Å². The monoisotopic (exact) mass is 1800 g/mol. The number of benzene rings is 1. The number of hydrogen-bond donors (Lipinski definition) is 6. The normalized spacial score (nSPS) is 10.7. The summed E-state index contributed by atoms with van der Waals surface area (Å²) < 4.78 is 52.1. The van der Waals surface area contributed by atoms with Gasteiger partial charge in [-0.05, 0) is 214 Å². The Bertz CT molecular complexity index is 5810. The number of ketones is 5. The second-order valence-corrected chi connectivity index (χ2v) is 28.8. The molecule has 6 heterocycles. The van der Waals surface area contributed by atoms with E-state index in [1.54, 1.807) is 132 Å². The van der Waals surface area contributed by atoms with Crippen molar-refractivity contribution in [2.45, 2.75) is 152 Å². The predicted octanol–water partition coefficient (Wildman–Crippen LogP) is 9.98. The summed E-state index contributed by atoms with van der Waals surface area (Å²) in [5, 5.41) is 27.4. The summed E-state index contributed by atoms with van der Waals surface area (Å²) in [6.07, 6.45) is 17.9. The van der Waals surface area contributed by atoms with Crippen LogP contribution in [0.4, 0.5) is 10.1 Å². The minimum atomic E-state index is -1.54. The van der Waals surface area contributed by atoms with Gasteiger partial charge in [-0.15, -0.1) is 19.3 Å². The molecule has 0 aliphatic heterocycles. The van der Waals surface area contributed by atoms with Gasteiger partial charge in [0, 0.05) is 94.1 Å². The van der Waals surface area contributed by atoms with Crippen LogP contribution in [0.5, 0.6) is 0 Å². The number of rotatable bonds is 27. The number of nitrogens with one attached hydrogen (secondary N) is 4. The van der Waals surface area contributed by atoms with Gasteiger partial charge in [-0.1, -0.05) is 29.4 Å². The van der Waals surface area contributed by atoms with Gasteiger partial charge in [0.25, 0.3) is 52.5 Å². The van der Waals surface area contributed by atoms with Gasteiger partial charge in [0.2, 0.25) is 0 Å². The number of allylic oxidation sites excluding steroid dienone is 3. The number of carboxylic acids is 2. The molecule has 0 spiro atoms. The third-order valence-corrected chi connectivity index (χ3v) is 20.4. The first-order chi connectivity index (χ1) is 60.8. The standard InChI is InChI=1S/C20H20FN3O3.C15H18N2O4.C14H19NO5.C13H14N2O4.C12H15NO5.C10H15NO2.C10H14O2/c1-6-9-22-20(27)18(25)16-12(3)17(24(5)13(16)4)19(26)23-14-7-8-15(21)11(2)10-14;1-6-8-16-14(19)13(18)11-9(3)12(15(20)21-7-2)17(5)10(11)4;1-6-19-13(17)11-8(3)10(9(4)15(11)5)12(16)14(18)20-7-2;1-5-6-14-12(17)11(16)9-7(2)10(13(18)19)15(4)8(9)3;1-5-18-12(17)9-6(2)8(7(3)13(9)4)10(14)11(15)16;1-5-13-10(12)9-7(2)6-8(3)11(9)4;1-4-12-10(11)9-6-7(2)5-8(9)3/h1,7-8,10H,9H2,2-5H3,(H,22,27)(H,23,26);1H,7-8H2,2-5H3,(H,16,19);6-7H2,1-5H3;1H,6H2,2-4H3,(H,14,17)(H,18,19);5H2,1-4H3,(H,15,16);6H,5H2,1-4H3;5H,4,6H2,1-3H3. The number of hydrogen-bond acceptors (Lipinski definition) is 23. The Hall–Kier alpha value is -15.0. The molecule has 130 heavy (non-hydrogen) atoms. The third-order valence-electron chi connectivity index (χ3n) is 20.4. The van der Waals surface area contributed by atoms with E-state index >= 15 is 0 Å². The SMILES string of the molecule is C#CCNC(=O)C(=O)c1c(C)c(C(=O)Nc2ccc(F)c(C)c2)n(C)c1C.C#CCNC(=O)C(=O)c1c(C)c(C(=O)O)n(C)c1C.C#CCNC(=O)C(=O)c1c(C)c(C(=O)OCC)n(C)c1C.CCOC(=O)C(=O)c1c(C)c(C(=O)OCC)n(C)c1C.CCOC(=O)C1=C(C)C=C(C)C1.CCOC(=O)c1c(C)c(C(=O)C(=O)O)c(C)n1C.CCOC(=O)c1c(C)cc(C)n1C. The van der Waals surface area contributed by atoms with Crippen LogP contribution in [0.15, 0.2) is 47.1 Å². The molecule has 6 N–H and O–H groups in total. The Kier molecular flexibility index (Phi) is 43.5. The fourth-order valence-corrected chi connectivity index (χ4v) is 13.7. The lowest BCUT2D eigenvalue weighted by Crippen LogP contribution is -2.31. The van der Waals surface area contributed by atoms with E-state index in [0.29, 0.717) is 80.9 Å². The highest BCUT2D eigenvalue weighted by atomic mass is 19.1. The van der Waals surface area contributed by atoms with Crippen LogP contribution in [0, 0.1) is 133 Å². The summed E-state index contributed by atoms with van der Waals surface area (Å²) in [4.78, 5) is 200. The van der Waals surface area contributed by atoms with Crippen molar-refractivity contribution in [2.24, 2.45) is 42.3 Å². The largest absolute Gasteiger partial charge is 0.477 e. The number of Topliss-reactive ketones (excluding diaryl/α,β-unsaturated/α-hetero) is 5. The van der Waals surface area contributed by atoms with Crippen molar-refractivity contribution in [1.29, 1.82) is 0 Å². The molecular formula is C94H115FN10O25. The summed E-state index contributed by atoms with van der Waals surface area (Å²) in [5.74, 6) is -6.29. The number of aryl methyl sites for hydroxylation is 3. The number of amides is 4. The number of aromatic carboxylic acids is 1. The lowest BCUT2D eigenvalue weighted by molar-refractivity contribution is -0.139. The lowest BCUT2D eigenvalue weighted by Gasteiger charge is -2.09. The first kappa shape index (κ1) is 111. The Labute approximate surface area is 754 Å². The van der Waals surface area contributed by atoms with E-state index < -0.39 is 88.4 Å². The molecule has 0 unspecified atom stereocenters. The molecule has 4 amide bonds. The van der Waals surface area contributed by atoms with Gasteiger partial charge in [-0.3, -0.25) is 43.2 Å². The number of nitrogens with zero attached hydrogens (tertiary/aromatic N) is 6. The second kappa shape index (κ2) is 51.0. The minimum Gasteiger partial charge on any atom is -0.477 e. The van der Waals surface area contributed by atoms with Crippen LogP contribution in [0.2, 0.25) is 0 Å².